The van der Waals surface area contributed by atoms with E-state index in [0.717, 1.165) is 0 Å². The van der Waals surface area contributed by atoms with Gasteiger partial charge in [-0.25, -0.2) is 9.59 Å². The molecule has 2 N–H and O–H groups in total. The molecule has 1 aliphatic heterocycles. The molecule has 17 heavy (non-hydrogen) atoms. The third-order valence-corrected chi connectivity index (χ3v) is 2.12. The van der Waals surface area contributed by atoms with E-state index in [-0.39, 0.29) is 11.3 Å². The average molecular weight is 237 g/mol. The predicted octanol–water partition coefficient (Wildman–Crippen LogP) is 1.08. The summed E-state index contributed by atoms with van der Waals surface area (Å²) in [5, 5.41) is 0. The van der Waals surface area contributed by atoms with Gasteiger partial charge in [0.25, 0.3) is 5.79 Å². The molecule has 0 aliphatic carbocycles. The molecule has 2 rings (SSSR count). The number of nitrogens with two attached hydrogens (primary N) is 1. The van der Waals surface area contributed by atoms with Crippen molar-refractivity contribution in [2.75, 3.05) is 5.73 Å². The van der Waals surface area contributed by atoms with Gasteiger partial charge in [-0.2, -0.15) is 0 Å². The maximum Gasteiger partial charge on any atom is 0.348 e. The van der Waals surface area contributed by atoms with Crippen LogP contribution in [0.4, 0.5) is 5.69 Å². The molecule has 1 fully saturated rings. The Balaban J connectivity index is 2.34. The number of hydrogen-bond donors (Lipinski definition) is 1. The van der Waals surface area contributed by atoms with Crippen molar-refractivity contribution in [3.8, 4) is 0 Å². The minimum Gasteiger partial charge on any atom is -0.463 e. The van der Waals surface area contributed by atoms with Crippen LogP contribution in [0, 0.1) is 0 Å². The maximum absolute atomic E-state index is 11.6. The van der Waals surface area contributed by atoms with Crippen LogP contribution in [0.1, 0.15) is 19.6 Å². The van der Waals surface area contributed by atoms with Crippen LogP contribution in [0.15, 0.2) is 22.3 Å². The number of rotatable bonds is 1. The monoisotopic (exact) mass is 237 g/mol. The summed E-state index contributed by atoms with van der Waals surface area (Å²) in [6, 6.07) is 1.51. The van der Waals surface area contributed by atoms with E-state index in [0.29, 0.717) is 5.69 Å². The first-order valence-electron chi connectivity index (χ1n) is 4.90. The number of nitrogen functional groups attached to an aromatic ring is 1. The second-order valence-corrected chi connectivity index (χ2v) is 3.98. The van der Waals surface area contributed by atoms with E-state index in [9.17, 15) is 9.59 Å². The molecule has 0 unspecified atom stereocenters. The summed E-state index contributed by atoms with van der Waals surface area (Å²) >= 11 is 0. The highest BCUT2D eigenvalue weighted by Gasteiger charge is 2.39. The number of carbonyl (C=O) groups is 2. The maximum atomic E-state index is 11.6. The lowest BCUT2D eigenvalue weighted by Crippen LogP contribution is -2.41. The van der Waals surface area contributed by atoms with E-state index in [4.69, 9.17) is 19.6 Å². The van der Waals surface area contributed by atoms with Crippen LogP contribution in [0.5, 0.6) is 0 Å². The van der Waals surface area contributed by atoms with E-state index < -0.39 is 17.7 Å². The normalized spacial score (nSPS) is 18.6. The van der Waals surface area contributed by atoms with Crippen LogP contribution in [-0.2, 0) is 19.1 Å². The van der Waals surface area contributed by atoms with Crippen molar-refractivity contribution in [2.45, 2.75) is 19.6 Å². The molecule has 1 aromatic rings. The van der Waals surface area contributed by atoms with Crippen molar-refractivity contribution in [1.29, 1.82) is 0 Å². The molecular weight excluding hydrogens is 226 g/mol. The van der Waals surface area contributed by atoms with E-state index in [1.54, 1.807) is 0 Å². The Kier molecular flexibility index (Phi) is 2.42. The van der Waals surface area contributed by atoms with Crippen LogP contribution in [0.2, 0.25) is 0 Å². The standard InChI is InChI=1S/C11H11NO5/c1-11(2)16-9(13)6(10(14)17-11)5-8-7(12)3-4-15-8/h3-5H,12H2,1-2H3. The highest BCUT2D eigenvalue weighted by atomic mass is 16.7. The minimum atomic E-state index is -1.25. The first kappa shape index (κ1) is 11.3. The first-order valence-corrected chi connectivity index (χ1v) is 4.90. The van der Waals surface area contributed by atoms with Gasteiger partial charge in [-0.05, 0) is 0 Å². The Hall–Kier alpha value is -2.24. The molecular formula is C11H11NO5. The SMILES string of the molecule is CC1(C)OC(=O)C(=Cc2occc2N)C(=O)O1. The average Bonchev–Trinajstić information content (AvgIpc) is 2.56. The predicted molar refractivity (Wildman–Crippen MR) is 57.4 cm³/mol. The molecule has 1 saturated heterocycles. The fourth-order valence-electron chi connectivity index (χ4n) is 1.36. The van der Waals surface area contributed by atoms with E-state index >= 15 is 0 Å². The van der Waals surface area contributed by atoms with Crippen molar-refractivity contribution in [2.24, 2.45) is 0 Å². The largest absolute Gasteiger partial charge is 0.463 e. The highest BCUT2D eigenvalue weighted by molar-refractivity contribution is 6.18. The minimum absolute atomic E-state index is 0.216. The van der Waals surface area contributed by atoms with Crippen molar-refractivity contribution in [3.05, 3.63) is 23.7 Å². The molecule has 0 amide bonds. The van der Waals surface area contributed by atoms with Gasteiger partial charge in [0.05, 0.1) is 12.0 Å². The lowest BCUT2D eigenvalue weighted by molar-refractivity contribution is -0.222. The molecule has 0 atom stereocenters. The first-order chi connectivity index (χ1) is 7.89. The van der Waals surface area contributed by atoms with Gasteiger partial charge in [-0.1, -0.05) is 0 Å². The summed E-state index contributed by atoms with van der Waals surface area (Å²) in [5.74, 6) is -2.56. The molecule has 6 nitrogen and oxygen atoms in total. The lowest BCUT2D eigenvalue weighted by atomic mass is 10.2. The number of esters is 2. The van der Waals surface area contributed by atoms with Gasteiger partial charge in [-0.3, -0.25) is 0 Å². The van der Waals surface area contributed by atoms with Gasteiger partial charge in [0.2, 0.25) is 0 Å². The van der Waals surface area contributed by atoms with Gasteiger partial charge < -0.3 is 19.6 Å². The molecule has 0 aromatic carbocycles. The topological polar surface area (TPSA) is 91.8 Å². The molecule has 6 heteroatoms. The van der Waals surface area contributed by atoms with Gasteiger partial charge in [-0.15, -0.1) is 0 Å². The van der Waals surface area contributed by atoms with Gasteiger partial charge in [0.1, 0.15) is 5.57 Å². The summed E-state index contributed by atoms with van der Waals surface area (Å²) in [7, 11) is 0. The molecule has 0 saturated carbocycles. The quantitative estimate of drug-likeness (QED) is 0.446. The number of cyclic esters (lactones) is 2. The van der Waals surface area contributed by atoms with Crippen LogP contribution >= 0.6 is 0 Å². The van der Waals surface area contributed by atoms with Crippen molar-refractivity contribution >= 4 is 23.7 Å². The van der Waals surface area contributed by atoms with E-state index in [1.807, 2.05) is 0 Å². The Labute approximate surface area is 97.0 Å². The third-order valence-electron chi connectivity index (χ3n) is 2.12. The Morgan fingerprint density at radius 2 is 1.82 bits per heavy atom. The van der Waals surface area contributed by atoms with Crippen molar-refractivity contribution < 1.29 is 23.5 Å². The smallest absolute Gasteiger partial charge is 0.348 e. The fraction of sp³-hybridized carbons (Fsp3) is 0.273. The lowest BCUT2D eigenvalue weighted by Gasteiger charge is -2.29. The molecule has 1 aromatic heterocycles. The van der Waals surface area contributed by atoms with Crippen LogP contribution in [0.25, 0.3) is 6.08 Å². The summed E-state index contributed by atoms with van der Waals surface area (Å²) in [6.07, 6.45) is 2.56. The van der Waals surface area contributed by atoms with Gasteiger partial charge >= 0.3 is 11.9 Å². The Morgan fingerprint density at radius 3 is 2.29 bits per heavy atom. The van der Waals surface area contributed by atoms with Crippen LogP contribution < -0.4 is 5.73 Å². The number of ether oxygens (including phenoxy) is 2. The molecule has 90 valence electrons. The zero-order chi connectivity index (χ0) is 12.6. The summed E-state index contributed by atoms with van der Waals surface area (Å²) in [6.45, 7) is 2.95. The van der Waals surface area contributed by atoms with Gasteiger partial charge in [0, 0.05) is 26.0 Å². The molecule has 2 heterocycles. The van der Waals surface area contributed by atoms with Gasteiger partial charge in [0.15, 0.2) is 5.76 Å². The summed E-state index contributed by atoms with van der Waals surface area (Å²) in [4.78, 5) is 23.2. The fourth-order valence-corrected chi connectivity index (χ4v) is 1.36. The number of carbonyl (C=O) groups excluding carboxylic acids is 2. The third kappa shape index (κ3) is 2.15. The zero-order valence-corrected chi connectivity index (χ0v) is 9.35. The second kappa shape index (κ2) is 3.65. The molecule has 0 radical (unpaired) electrons. The Morgan fingerprint density at radius 1 is 1.24 bits per heavy atom. The molecule has 0 spiro atoms. The highest BCUT2D eigenvalue weighted by Crippen LogP contribution is 2.25. The van der Waals surface area contributed by atoms with E-state index in [1.165, 1.54) is 32.3 Å². The Bertz CT molecular complexity index is 490. The summed E-state index contributed by atoms with van der Waals surface area (Å²) in [5.41, 5.74) is 5.64. The van der Waals surface area contributed by atoms with Crippen molar-refractivity contribution in [1.82, 2.24) is 0 Å². The second-order valence-electron chi connectivity index (χ2n) is 3.98. The molecule has 1 aliphatic rings. The molecule has 0 bridgehead atoms. The van der Waals surface area contributed by atoms with E-state index in [2.05, 4.69) is 0 Å². The zero-order valence-electron chi connectivity index (χ0n) is 9.35. The van der Waals surface area contributed by atoms with Crippen molar-refractivity contribution in [3.63, 3.8) is 0 Å². The number of anilines is 1. The summed E-state index contributed by atoms with van der Waals surface area (Å²) < 4.78 is 14.8. The number of furan rings is 1. The number of hydrogen-bond acceptors (Lipinski definition) is 6. The van der Waals surface area contributed by atoms with Crippen LogP contribution in [-0.4, -0.2) is 17.7 Å². The van der Waals surface area contributed by atoms with Crippen LogP contribution in [0.3, 0.4) is 0 Å².